The summed E-state index contributed by atoms with van der Waals surface area (Å²) in [6.07, 6.45) is 0. The Hall–Kier alpha value is -0.630. The lowest BCUT2D eigenvalue weighted by molar-refractivity contribution is -0.123. The summed E-state index contributed by atoms with van der Waals surface area (Å²) >= 11 is 5.51. The number of hydrogen-bond donors (Lipinski definition) is 2. The van der Waals surface area contributed by atoms with Gasteiger partial charge in [0.25, 0.3) is 5.91 Å². The second-order valence-electron chi connectivity index (χ2n) is 4.33. The Morgan fingerprint density at radius 3 is 2.53 bits per heavy atom. The van der Waals surface area contributed by atoms with Crippen LogP contribution >= 0.6 is 38.5 Å². The Bertz CT molecular complexity index is 478. The van der Waals surface area contributed by atoms with Crippen molar-refractivity contribution in [3.63, 3.8) is 0 Å². The molecule has 0 spiro atoms. The average molecular weight is 439 g/mol. The van der Waals surface area contributed by atoms with Crippen LogP contribution in [0.3, 0.4) is 0 Å². The second kappa shape index (κ2) is 7.84. The second-order valence-corrected chi connectivity index (χ2v) is 6.43. The van der Waals surface area contributed by atoms with Crippen LogP contribution in [-0.2, 0) is 4.79 Å². The van der Waals surface area contributed by atoms with Crippen molar-refractivity contribution >= 4 is 50.3 Å². The third-order valence-electron chi connectivity index (χ3n) is 2.41. The van der Waals surface area contributed by atoms with E-state index in [9.17, 15) is 9.59 Å². The molecule has 1 rings (SSSR count). The number of halogens is 2. The molecule has 0 heterocycles. The molecule has 4 nitrogen and oxygen atoms in total. The summed E-state index contributed by atoms with van der Waals surface area (Å²) in [5.74, 6) is -0.200. The zero-order chi connectivity index (χ0) is 14.4. The molecule has 0 aromatic heterocycles. The Labute approximate surface area is 135 Å². The van der Waals surface area contributed by atoms with Crippen molar-refractivity contribution in [3.05, 3.63) is 31.8 Å². The molecule has 0 atom stereocenters. The minimum Gasteiger partial charge on any atom is -0.354 e. The first-order valence-corrected chi connectivity index (χ1v) is 7.80. The zero-order valence-corrected chi connectivity index (χ0v) is 14.5. The van der Waals surface area contributed by atoms with Gasteiger partial charge in [0, 0.05) is 27.1 Å². The van der Waals surface area contributed by atoms with E-state index < -0.39 is 0 Å². The van der Waals surface area contributed by atoms with E-state index >= 15 is 0 Å². The van der Waals surface area contributed by atoms with Crippen molar-refractivity contribution in [2.45, 2.75) is 13.8 Å². The first-order valence-electron chi connectivity index (χ1n) is 5.92. The molecular weight excluding hydrogens is 423 g/mol. The van der Waals surface area contributed by atoms with E-state index in [1.807, 2.05) is 32.0 Å². The molecule has 1 aromatic carbocycles. The summed E-state index contributed by atoms with van der Waals surface area (Å²) in [6.45, 7) is 4.51. The van der Waals surface area contributed by atoms with Crippen LogP contribution < -0.4 is 10.6 Å². The molecule has 0 bridgehead atoms. The van der Waals surface area contributed by atoms with Gasteiger partial charge in [0.05, 0.1) is 5.56 Å². The topological polar surface area (TPSA) is 58.2 Å². The molecule has 2 amide bonds. The van der Waals surface area contributed by atoms with Crippen LogP contribution in [0.4, 0.5) is 0 Å². The van der Waals surface area contributed by atoms with Crippen molar-refractivity contribution in [1.82, 2.24) is 10.6 Å². The number of carbonyl (C=O) groups is 2. The number of benzene rings is 1. The van der Waals surface area contributed by atoms with Crippen LogP contribution in [0.1, 0.15) is 24.2 Å². The van der Waals surface area contributed by atoms with Crippen molar-refractivity contribution in [2.24, 2.45) is 5.92 Å². The third-order valence-corrected chi connectivity index (χ3v) is 3.77. The van der Waals surface area contributed by atoms with Crippen molar-refractivity contribution in [3.8, 4) is 0 Å². The molecule has 0 radical (unpaired) electrons. The lowest BCUT2D eigenvalue weighted by atomic mass is 10.2. The van der Waals surface area contributed by atoms with Crippen LogP contribution in [0.5, 0.6) is 0 Å². The predicted molar refractivity (Wildman–Crippen MR) is 87.0 cm³/mol. The molecule has 0 saturated heterocycles. The van der Waals surface area contributed by atoms with Gasteiger partial charge in [-0.25, -0.2) is 0 Å². The fourth-order valence-corrected chi connectivity index (χ4v) is 2.25. The van der Waals surface area contributed by atoms with Crippen molar-refractivity contribution < 1.29 is 9.59 Å². The van der Waals surface area contributed by atoms with Crippen LogP contribution in [0.25, 0.3) is 0 Å². The lowest BCUT2D eigenvalue weighted by Crippen LogP contribution is -2.36. The van der Waals surface area contributed by atoms with E-state index in [1.165, 1.54) is 0 Å². The molecule has 0 aliphatic rings. The van der Waals surface area contributed by atoms with Crippen LogP contribution in [-0.4, -0.2) is 24.9 Å². The summed E-state index contributed by atoms with van der Waals surface area (Å²) in [5.41, 5.74) is 0.599. The fraction of sp³-hybridized carbons (Fsp3) is 0.385. The van der Waals surface area contributed by atoms with Gasteiger partial charge in [0.1, 0.15) is 0 Å². The van der Waals surface area contributed by atoms with Gasteiger partial charge >= 0.3 is 0 Å². The van der Waals surface area contributed by atoms with Gasteiger partial charge in [0.2, 0.25) is 5.91 Å². The molecule has 0 aliphatic heterocycles. The number of amides is 2. The predicted octanol–water partition coefficient (Wildman–Crippen LogP) is 2.56. The number of carbonyl (C=O) groups excluding carboxylic acids is 2. The van der Waals surface area contributed by atoms with Gasteiger partial charge in [-0.1, -0.05) is 13.8 Å². The van der Waals surface area contributed by atoms with Gasteiger partial charge in [-0.15, -0.1) is 0 Å². The molecule has 0 unspecified atom stereocenters. The summed E-state index contributed by atoms with van der Waals surface area (Å²) in [5, 5.41) is 5.52. The highest BCUT2D eigenvalue weighted by atomic mass is 127. The van der Waals surface area contributed by atoms with E-state index in [0.29, 0.717) is 18.7 Å². The standard InChI is InChI=1S/C13H16BrIN2O2/c1-8(2)12(18)16-5-6-17-13(19)10-7-9(15)3-4-11(10)14/h3-4,7-8H,5-6H2,1-2H3,(H,16,18)(H,17,19). The highest BCUT2D eigenvalue weighted by molar-refractivity contribution is 14.1. The summed E-state index contributed by atoms with van der Waals surface area (Å²) in [6, 6.07) is 5.58. The maximum atomic E-state index is 11.9. The van der Waals surface area contributed by atoms with Gasteiger partial charge in [-0.05, 0) is 56.7 Å². The minimum absolute atomic E-state index is 0.00955. The van der Waals surface area contributed by atoms with Crippen LogP contribution in [0.15, 0.2) is 22.7 Å². The molecule has 0 saturated carbocycles. The summed E-state index contributed by atoms with van der Waals surface area (Å²) in [4.78, 5) is 23.3. The highest BCUT2D eigenvalue weighted by Crippen LogP contribution is 2.19. The van der Waals surface area contributed by atoms with Crippen LogP contribution in [0.2, 0.25) is 0 Å². The smallest absolute Gasteiger partial charge is 0.252 e. The monoisotopic (exact) mass is 438 g/mol. The first kappa shape index (κ1) is 16.4. The molecule has 6 heteroatoms. The largest absolute Gasteiger partial charge is 0.354 e. The van der Waals surface area contributed by atoms with E-state index in [4.69, 9.17) is 0 Å². The number of hydrogen-bond acceptors (Lipinski definition) is 2. The Balaban J connectivity index is 2.44. The normalized spacial score (nSPS) is 10.4. The third kappa shape index (κ3) is 5.48. The van der Waals surface area contributed by atoms with Gasteiger partial charge in [0.15, 0.2) is 0 Å². The molecule has 0 aliphatic carbocycles. The van der Waals surface area contributed by atoms with Gasteiger partial charge in [-0.2, -0.15) is 0 Å². The summed E-state index contributed by atoms with van der Waals surface area (Å²) in [7, 11) is 0. The van der Waals surface area contributed by atoms with Crippen LogP contribution in [0, 0.1) is 9.49 Å². The Kier molecular flexibility index (Phi) is 6.78. The quantitative estimate of drug-likeness (QED) is 0.548. The Morgan fingerprint density at radius 1 is 1.26 bits per heavy atom. The SMILES string of the molecule is CC(C)C(=O)NCCNC(=O)c1cc(I)ccc1Br. The summed E-state index contributed by atoms with van der Waals surface area (Å²) < 4.78 is 1.76. The van der Waals surface area contributed by atoms with Gasteiger partial charge < -0.3 is 10.6 Å². The molecule has 104 valence electrons. The van der Waals surface area contributed by atoms with Crippen molar-refractivity contribution in [1.29, 1.82) is 0 Å². The lowest BCUT2D eigenvalue weighted by Gasteiger charge is -2.09. The van der Waals surface area contributed by atoms with E-state index in [1.54, 1.807) is 0 Å². The van der Waals surface area contributed by atoms with E-state index in [-0.39, 0.29) is 17.7 Å². The number of rotatable bonds is 5. The molecular formula is C13H16BrIN2O2. The maximum absolute atomic E-state index is 11.9. The Morgan fingerprint density at radius 2 is 1.89 bits per heavy atom. The molecule has 2 N–H and O–H groups in total. The molecule has 1 aromatic rings. The zero-order valence-electron chi connectivity index (χ0n) is 10.8. The van der Waals surface area contributed by atoms with Crippen molar-refractivity contribution in [2.75, 3.05) is 13.1 Å². The first-order chi connectivity index (χ1) is 8.91. The van der Waals surface area contributed by atoms with E-state index in [0.717, 1.165) is 8.04 Å². The fourth-order valence-electron chi connectivity index (χ4n) is 1.33. The van der Waals surface area contributed by atoms with Gasteiger partial charge in [-0.3, -0.25) is 9.59 Å². The maximum Gasteiger partial charge on any atom is 0.252 e. The highest BCUT2D eigenvalue weighted by Gasteiger charge is 2.10. The molecule has 19 heavy (non-hydrogen) atoms. The molecule has 0 fully saturated rings. The number of nitrogens with one attached hydrogen (secondary N) is 2. The van der Waals surface area contributed by atoms with E-state index in [2.05, 4.69) is 49.2 Å². The minimum atomic E-state index is -0.149. The average Bonchev–Trinajstić information content (AvgIpc) is 2.36.